The van der Waals surface area contributed by atoms with Crippen molar-refractivity contribution in [3.8, 4) is 11.4 Å². The number of nitrogens with zero attached hydrogens (tertiary/aromatic N) is 3. The van der Waals surface area contributed by atoms with E-state index >= 15 is 0 Å². The van der Waals surface area contributed by atoms with Gasteiger partial charge in [0, 0.05) is 17.6 Å². The van der Waals surface area contributed by atoms with Gasteiger partial charge in [-0.15, -0.1) is 10.2 Å². The van der Waals surface area contributed by atoms with Crippen LogP contribution in [0.4, 0.5) is 0 Å². The van der Waals surface area contributed by atoms with Crippen LogP contribution in [0.15, 0.2) is 35.5 Å². The molecule has 0 spiro atoms. The predicted molar refractivity (Wildman–Crippen MR) is 99.0 cm³/mol. The monoisotopic (exact) mass is 346 g/mol. The summed E-state index contributed by atoms with van der Waals surface area (Å²) in [5.41, 5.74) is 0.836. The molecule has 1 atom stereocenters. The molecule has 0 aliphatic carbocycles. The highest BCUT2D eigenvalue weighted by atomic mass is 32.2. The first-order valence-electron chi connectivity index (χ1n) is 8.35. The van der Waals surface area contributed by atoms with Crippen molar-refractivity contribution in [1.29, 1.82) is 0 Å². The van der Waals surface area contributed by atoms with Crippen molar-refractivity contribution in [3.63, 3.8) is 0 Å². The first kappa shape index (κ1) is 18.5. The molecule has 0 fully saturated rings. The molecule has 2 rings (SSSR count). The summed E-state index contributed by atoms with van der Waals surface area (Å²) in [4.78, 5) is 12.4. The molecule has 1 aromatic carbocycles. The Balaban J connectivity index is 2.16. The van der Waals surface area contributed by atoms with E-state index < -0.39 is 0 Å². The number of amides is 1. The molecule has 1 amide bonds. The maximum atomic E-state index is 12.4. The second-order valence-electron chi connectivity index (χ2n) is 6.40. The number of hydrogen-bond donors (Lipinski definition) is 1. The lowest BCUT2D eigenvalue weighted by atomic mass is 10.0. The molecule has 5 nitrogen and oxygen atoms in total. The molecule has 1 aromatic heterocycles. The van der Waals surface area contributed by atoms with E-state index in [4.69, 9.17) is 0 Å². The van der Waals surface area contributed by atoms with Crippen LogP contribution in [0, 0.1) is 0 Å². The van der Waals surface area contributed by atoms with E-state index in [2.05, 4.69) is 33.9 Å². The molecular formula is C18H26N4OS. The summed E-state index contributed by atoms with van der Waals surface area (Å²) in [6.07, 6.45) is 0.888. The molecule has 130 valence electrons. The number of carbonyl (C=O) groups excluding carboxylic acids is 1. The molecule has 0 radical (unpaired) electrons. The molecule has 0 saturated carbocycles. The zero-order chi connectivity index (χ0) is 17.7. The Morgan fingerprint density at radius 1 is 1.25 bits per heavy atom. The lowest BCUT2D eigenvalue weighted by Crippen LogP contribution is -2.46. The molecule has 0 saturated heterocycles. The summed E-state index contributed by atoms with van der Waals surface area (Å²) in [7, 11) is 0. The van der Waals surface area contributed by atoms with Crippen molar-refractivity contribution < 1.29 is 4.79 Å². The van der Waals surface area contributed by atoms with Crippen LogP contribution in [0.5, 0.6) is 0 Å². The van der Waals surface area contributed by atoms with Gasteiger partial charge in [0.2, 0.25) is 5.91 Å². The van der Waals surface area contributed by atoms with Gasteiger partial charge in [0.25, 0.3) is 0 Å². The van der Waals surface area contributed by atoms with E-state index in [0.717, 1.165) is 29.5 Å². The van der Waals surface area contributed by atoms with Gasteiger partial charge in [0.15, 0.2) is 11.0 Å². The molecule has 1 heterocycles. The number of carbonyl (C=O) groups is 1. The van der Waals surface area contributed by atoms with E-state index in [1.165, 1.54) is 11.8 Å². The predicted octanol–water partition coefficient (Wildman–Crippen LogP) is 3.75. The van der Waals surface area contributed by atoms with Crippen molar-refractivity contribution in [2.75, 3.05) is 0 Å². The van der Waals surface area contributed by atoms with Crippen LogP contribution in [0.1, 0.15) is 41.0 Å². The summed E-state index contributed by atoms with van der Waals surface area (Å²) in [5.74, 6) is 0.862. The molecule has 1 N–H and O–H groups in total. The zero-order valence-electron chi connectivity index (χ0n) is 15.0. The first-order chi connectivity index (χ1) is 11.4. The third-order valence-corrected chi connectivity index (χ3v) is 5.14. The number of hydrogen-bond acceptors (Lipinski definition) is 4. The minimum atomic E-state index is -0.228. The summed E-state index contributed by atoms with van der Waals surface area (Å²) >= 11 is 1.45. The zero-order valence-corrected chi connectivity index (χ0v) is 15.9. The standard InChI is InChI=1S/C18H26N4OS/c1-6-18(4,5)19-16(23)13(3)24-17-21-20-15(22(17)7-2)14-11-9-8-10-12-14/h8-13H,6-7H2,1-5H3,(H,19,23). The molecule has 0 bridgehead atoms. The summed E-state index contributed by atoms with van der Waals surface area (Å²) in [6.45, 7) is 10.9. The van der Waals surface area contributed by atoms with Crippen molar-refractivity contribution >= 4 is 17.7 Å². The van der Waals surface area contributed by atoms with E-state index in [-0.39, 0.29) is 16.7 Å². The summed E-state index contributed by atoms with van der Waals surface area (Å²) < 4.78 is 2.05. The highest BCUT2D eigenvalue weighted by Crippen LogP contribution is 2.27. The fraction of sp³-hybridized carbons (Fsp3) is 0.500. The second-order valence-corrected chi connectivity index (χ2v) is 7.71. The molecule has 24 heavy (non-hydrogen) atoms. The van der Waals surface area contributed by atoms with Crippen molar-refractivity contribution in [2.45, 2.75) is 63.5 Å². The Labute approximate surface area is 148 Å². The van der Waals surface area contributed by atoms with E-state index in [9.17, 15) is 4.79 Å². The average Bonchev–Trinajstić information content (AvgIpc) is 2.97. The van der Waals surface area contributed by atoms with Crippen LogP contribution in [0.2, 0.25) is 0 Å². The third kappa shape index (κ3) is 4.38. The topological polar surface area (TPSA) is 59.8 Å². The van der Waals surface area contributed by atoms with Gasteiger partial charge >= 0.3 is 0 Å². The lowest BCUT2D eigenvalue weighted by Gasteiger charge is -2.26. The van der Waals surface area contributed by atoms with Crippen LogP contribution in [0.25, 0.3) is 11.4 Å². The number of rotatable bonds is 7. The lowest BCUT2D eigenvalue weighted by molar-refractivity contribution is -0.121. The minimum Gasteiger partial charge on any atom is -0.350 e. The van der Waals surface area contributed by atoms with E-state index in [0.29, 0.717) is 0 Å². The SMILES string of the molecule is CCn1c(SC(C)C(=O)NC(C)(C)CC)nnc1-c1ccccc1. The maximum Gasteiger partial charge on any atom is 0.233 e. The van der Waals surface area contributed by atoms with Gasteiger partial charge in [0.05, 0.1) is 5.25 Å². The van der Waals surface area contributed by atoms with Gasteiger partial charge in [-0.05, 0) is 34.1 Å². The minimum absolute atomic E-state index is 0.0266. The van der Waals surface area contributed by atoms with E-state index in [1.54, 1.807) is 0 Å². The fourth-order valence-electron chi connectivity index (χ4n) is 2.20. The van der Waals surface area contributed by atoms with Gasteiger partial charge in [-0.2, -0.15) is 0 Å². The highest BCUT2D eigenvalue weighted by molar-refractivity contribution is 8.00. The van der Waals surface area contributed by atoms with Crippen LogP contribution in [0.3, 0.4) is 0 Å². The summed E-state index contributed by atoms with van der Waals surface area (Å²) in [6, 6.07) is 9.99. The molecule has 1 unspecified atom stereocenters. The number of nitrogens with one attached hydrogen (secondary N) is 1. The number of benzene rings is 1. The van der Waals surface area contributed by atoms with Gasteiger partial charge in [0.1, 0.15) is 0 Å². The Bertz CT molecular complexity index is 682. The molecule has 0 aliphatic rings. The van der Waals surface area contributed by atoms with Crippen LogP contribution in [-0.2, 0) is 11.3 Å². The Morgan fingerprint density at radius 2 is 1.92 bits per heavy atom. The highest BCUT2D eigenvalue weighted by Gasteiger charge is 2.24. The number of aromatic nitrogens is 3. The van der Waals surface area contributed by atoms with Gasteiger partial charge < -0.3 is 9.88 Å². The third-order valence-electron chi connectivity index (χ3n) is 4.06. The summed E-state index contributed by atoms with van der Waals surface area (Å²) in [5, 5.41) is 12.2. The fourth-order valence-corrected chi connectivity index (χ4v) is 3.11. The van der Waals surface area contributed by atoms with E-state index in [1.807, 2.05) is 51.1 Å². The van der Waals surface area contributed by atoms with Crippen molar-refractivity contribution in [1.82, 2.24) is 20.1 Å². The van der Waals surface area contributed by atoms with Crippen LogP contribution >= 0.6 is 11.8 Å². The van der Waals surface area contributed by atoms with Crippen LogP contribution in [-0.4, -0.2) is 31.5 Å². The van der Waals surface area contributed by atoms with Gasteiger partial charge in [-0.1, -0.05) is 49.0 Å². The molecule has 2 aromatic rings. The quantitative estimate of drug-likeness (QED) is 0.776. The second kappa shape index (κ2) is 7.83. The van der Waals surface area contributed by atoms with Gasteiger partial charge in [-0.3, -0.25) is 4.79 Å². The maximum absolute atomic E-state index is 12.4. The molecular weight excluding hydrogens is 320 g/mol. The largest absolute Gasteiger partial charge is 0.350 e. The molecule has 6 heteroatoms. The Hall–Kier alpha value is -1.82. The Morgan fingerprint density at radius 3 is 2.50 bits per heavy atom. The smallest absolute Gasteiger partial charge is 0.233 e. The van der Waals surface area contributed by atoms with Crippen LogP contribution < -0.4 is 5.32 Å². The number of thioether (sulfide) groups is 1. The van der Waals surface area contributed by atoms with Crippen molar-refractivity contribution in [2.24, 2.45) is 0 Å². The van der Waals surface area contributed by atoms with Gasteiger partial charge in [-0.25, -0.2) is 0 Å². The van der Waals surface area contributed by atoms with Crippen molar-refractivity contribution in [3.05, 3.63) is 30.3 Å². The normalized spacial score (nSPS) is 12.9. The Kier molecular flexibility index (Phi) is 6.04. The first-order valence-corrected chi connectivity index (χ1v) is 9.23. The molecule has 0 aliphatic heterocycles. The average molecular weight is 347 g/mol.